The fourth-order valence-corrected chi connectivity index (χ4v) is 5.17. The van der Waals surface area contributed by atoms with Crippen molar-refractivity contribution in [3.63, 3.8) is 0 Å². The van der Waals surface area contributed by atoms with E-state index in [-0.39, 0.29) is 29.1 Å². The van der Waals surface area contributed by atoms with Gasteiger partial charge in [-0.25, -0.2) is 0 Å². The molecule has 26 heavy (non-hydrogen) atoms. The van der Waals surface area contributed by atoms with Crippen LogP contribution in [0.25, 0.3) is 0 Å². The first-order valence-electron chi connectivity index (χ1n) is 9.87. The lowest BCUT2D eigenvalue weighted by atomic mass is 9.68. The number of hydrogen-bond acceptors (Lipinski definition) is 4. The van der Waals surface area contributed by atoms with Gasteiger partial charge in [-0.05, 0) is 57.8 Å². The molecule has 2 aliphatic carbocycles. The Kier molecular flexibility index (Phi) is 6.40. The predicted molar refractivity (Wildman–Crippen MR) is 103 cm³/mol. The number of carbonyl (C=O) groups excluding carboxylic acids is 1. The Balaban J connectivity index is 2.42. The van der Waals surface area contributed by atoms with Gasteiger partial charge in [0.2, 0.25) is 0 Å². The summed E-state index contributed by atoms with van der Waals surface area (Å²) in [6.45, 7) is 11.7. The summed E-state index contributed by atoms with van der Waals surface area (Å²) in [6, 6.07) is 0. The van der Waals surface area contributed by atoms with Gasteiger partial charge in [-0.1, -0.05) is 37.6 Å². The molecule has 2 N–H and O–H groups in total. The van der Waals surface area contributed by atoms with Gasteiger partial charge in [0, 0.05) is 18.8 Å². The van der Waals surface area contributed by atoms with E-state index < -0.39 is 17.8 Å². The molecule has 4 nitrogen and oxygen atoms in total. The summed E-state index contributed by atoms with van der Waals surface area (Å²) in [5, 5.41) is 21.4. The highest BCUT2D eigenvalue weighted by Crippen LogP contribution is 2.54. The summed E-state index contributed by atoms with van der Waals surface area (Å²) in [7, 11) is 0. The molecule has 0 saturated heterocycles. The van der Waals surface area contributed by atoms with Gasteiger partial charge in [-0.15, -0.1) is 0 Å². The minimum atomic E-state index is -0.619. The zero-order valence-electron chi connectivity index (χ0n) is 17.2. The third-order valence-electron chi connectivity index (χ3n) is 6.33. The fraction of sp³-hybridized carbons (Fsp3) is 0.773. The second kappa shape index (κ2) is 7.85. The summed E-state index contributed by atoms with van der Waals surface area (Å²) in [5.74, 6) is 0.0733. The van der Waals surface area contributed by atoms with E-state index in [0.717, 1.165) is 18.4 Å². The first-order valence-corrected chi connectivity index (χ1v) is 9.87. The molecule has 0 aromatic heterocycles. The molecule has 148 valence electrons. The largest absolute Gasteiger partial charge is 0.460 e. The standard InChI is InChI=1S/C22H36O4/c1-14-7-9-22(6)10-8-18(21(4,5)26-16(3)23)20(22)19(25)13-15(2)12-17(24)11-14/h7,9,12,14,17-20,24-25H,8,10-11,13H2,1-6H3/b9-7-,15-12-. The van der Waals surface area contributed by atoms with Gasteiger partial charge in [0.25, 0.3) is 0 Å². The van der Waals surface area contributed by atoms with Gasteiger partial charge in [-0.2, -0.15) is 0 Å². The summed E-state index contributed by atoms with van der Waals surface area (Å²) in [5.41, 5.74) is 0.245. The monoisotopic (exact) mass is 364 g/mol. The summed E-state index contributed by atoms with van der Waals surface area (Å²) in [4.78, 5) is 11.6. The molecule has 2 aliphatic rings. The molecule has 2 rings (SSSR count). The lowest BCUT2D eigenvalue weighted by Gasteiger charge is -2.41. The number of esters is 1. The van der Waals surface area contributed by atoms with E-state index in [1.165, 1.54) is 6.92 Å². The second-order valence-corrected chi connectivity index (χ2v) is 9.30. The maximum Gasteiger partial charge on any atom is 0.303 e. The van der Waals surface area contributed by atoms with Crippen LogP contribution >= 0.6 is 0 Å². The number of rotatable bonds is 2. The van der Waals surface area contributed by atoms with Crippen molar-refractivity contribution in [3.8, 4) is 0 Å². The van der Waals surface area contributed by atoms with E-state index in [0.29, 0.717) is 12.8 Å². The topological polar surface area (TPSA) is 66.8 Å². The zero-order valence-corrected chi connectivity index (χ0v) is 17.2. The van der Waals surface area contributed by atoms with E-state index in [9.17, 15) is 15.0 Å². The summed E-state index contributed by atoms with van der Waals surface area (Å²) >= 11 is 0. The quantitative estimate of drug-likeness (QED) is 0.574. The molecule has 0 amide bonds. The molecule has 0 heterocycles. The van der Waals surface area contributed by atoms with Crippen molar-refractivity contribution in [1.82, 2.24) is 0 Å². The van der Waals surface area contributed by atoms with Crippen LogP contribution in [0.3, 0.4) is 0 Å². The Morgan fingerprint density at radius 2 is 2.00 bits per heavy atom. The minimum absolute atomic E-state index is 0.00103. The van der Waals surface area contributed by atoms with Crippen molar-refractivity contribution in [2.75, 3.05) is 0 Å². The number of allylic oxidation sites excluding steroid dienone is 2. The highest BCUT2D eigenvalue weighted by atomic mass is 16.6. The number of aliphatic hydroxyl groups is 2. The lowest BCUT2D eigenvalue weighted by Crippen LogP contribution is -2.45. The van der Waals surface area contributed by atoms with Crippen molar-refractivity contribution < 1.29 is 19.7 Å². The van der Waals surface area contributed by atoms with Crippen molar-refractivity contribution in [2.45, 2.75) is 85.0 Å². The normalized spacial score (nSPS) is 42.2. The van der Waals surface area contributed by atoms with E-state index in [1.54, 1.807) is 0 Å². The molecular weight excluding hydrogens is 328 g/mol. The van der Waals surface area contributed by atoms with Crippen LogP contribution in [-0.4, -0.2) is 34.0 Å². The third-order valence-corrected chi connectivity index (χ3v) is 6.33. The minimum Gasteiger partial charge on any atom is -0.460 e. The maximum atomic E-state index is 11.6. The Hall–Kier alpha value is -1.13. The van der Waals surface area contributed by atoms with Crippen molar-refractivity contribution in [2.24, 2.45) is 23.2 Å². The first-order chi connectivity index (χ1) is 11.9. The summed E-state index contributed by atoms with van der Waals surface area (Å²) in [6.07, 6.45) is 8.36. The average molecular weight is 365 g/mol. The van der Waals surface area contributed by atoms with Crippen LogP contribution in [-0.2, 0) is 9.53 Å². The smallest absolute Gasteiger partial charge is 0.303 e. The van der Waals surface area contributed by atoms with E-state index in [4.69, 9.17) is 4.74 Å². The van der Waals surface area contributed by atoms with Gasteiger partial charge >= 0.3 is 5.97 Å². The molecule has 1 saturated carbocycles. The van der Waals surface area contributed by atoms with E-state index in [1.807, 2.05) is 26.8 Å². The van der Waals surface area contributed by atoms with Crippen molar-refractivity contribution in [3.05, 3.63) is 23.8 Å². The Morgan fingerprint density at radius 3 is 2.62 bits per heavy atom. The molecular formula is C22H36O4. The fourth-order valence-electron chi connectivity index (χ4n) is 5.17. The van der Waals surface area contributed by atoms with Crippen LogP contribution in [0.4, 0.5) is 0 Å². The molecule has 6 unspecified atom stereocenters. The van der Waals surface area contributed by atoms with Crippen LogP contribution in [0.5, 0.6) is 0 Å². The lowest BCUT2D eigenvalue weighted by molar-refractivity contribution is -0.163. The highest BCUT2D eigenvalue weighted by molar-refractivity contribution is 5.66. The molecule has 1 fully saturated rings. The molecule has 6 atom stereocenters. The van der Waals surface area contributed by atoms with Crippen molar-refractivity contribution in [1.29, 1.82) is 0 Å². The maximum absolute atomic E-state index is 11.6. The Bertz CT molecular complexity index is 577. The molecule has 0 aromatic carbocycles. The van der Waals surface area contributed by atoms with Crippen molar-refractivity contribution >= 4 is 5.97 Å². The number of hydrogen-bond donors (Lipinski definition) is 2. The number of fused-ring (bicyclic) bond motifs is 1. The summed E-state index contributed by atoms with van der Waals surface area (Å²) < 4.78 is 5.65. The zero-order chi connectivity index (χ0) is 19.7. The molecule has 0 bridgehead atoms. The van der Waals surface area contributed by atoms with Gasteiger partial charge in [-0.3, -0.25) is 4.79 Å². The van der Waals surface area contributed by atoms with Crippen LogP contribution in [0, 0.1) is 23.2 Å². The van der Waals surface area contributed by atoms with E-state index in [2.05, 4.69) is 26.0 Å². The average Bonchev–Trinajstić information content (AvgIpc) is 2.81. The molecule has 4 heteroatoms. The SMILES string of the molecule is CC(=O)OC(C)(C)C1CCC2(C)/C=C\C(C)CC(O)/C=C(/C)CC(O)C12. The first kappa shape index (κ1) is 21.2. The van der Waals surface area contributed by atoms with Crippen LogP contribution < -0.4 is 0 Å². The number of aliphatic hydroxyl groups excluding tert-OH is 2. The second-order valence-electron chi connectivity index (χ2n) is 9.30. The van der Waals surface area contributed by atoms with Crippen LogP contribution in [0.15, 0.2) is 23.8 Å². The Labute approximate surface area is 158 Å². The Morgan fingerprint density at radius 1 is 1.35 bits per heavy atom. The van der Waals surface area contributed by atoms with Gasteiger partial charge < -0.3 is 14.9 Å². The molecule has 0 aromatic rings. The predicted octanol–water partition coefficient (Wildman–Crippen LogP) is 4.01. The molecule has 0 aliphatic heterocycles. The molecule has 0 spiro atoms. The van der Waals surface area contributed by atoms with Crippen LogP contribution in [0.1, 0.15) is 67.2 Å². The van der Waals surface area contributed by atoms with Gasteiger partial charge in [0.05, 0.1) is 12.2 Å². The number of carbonyl (C=O) groups is 1. The van der Waals surface area contributed by atoms with Crippen LogP contribution in [0.2, 0.25) is 0 Å². The van der Waals surface area contributed by atoms with E-state index >= 15 is 0 Å². The number of ether oxygens (including phenoxy) is 1. The molecule has 0 radical (unpaired) electrons. The highest BCUT2D eigenvalue weighted by Gasteiger charge is 2.53. The van der Waals surface area contributed by atoms with Gasteiger partial charge in [0.1, 0.15) is 5.60 Å². The third kappa shape index (κ3) is 4.77. The van der Waals surface area contributed by atoms with Gasteiger partial charge in [0.15, 0.2) is 0 Å².